The summed E-state index contributed by atoms with van der Waals surface area (Å²) in [5.41, 5.74) is 3.58. The van der Waals surface area contributed by atoms with E-state index in [-0.39, 0.29) is 5.91 Å². The molecule has 2 aliphatic rings. The van der Waals surface area contributed by atoms with E-state index < -0.39 is 0 Å². The minimum absolute atomic E-state index is 0.0623. The molecule has 1 aromatic carbocycles. The Kier molecular flexibility index (Phi) is 7.37. The SMILES string of the molecule is CC(C)NCCC(=O)Nc1sc2c(c1-c1nc3cc(SC4CCCC4)ccc3s1)CCNC2. The number of nitrogens with one attached hydrogen (secondary N) is 3. The number of nitrogens with zero attached hydrogens (tertiary/aromatic N) is 1. The van der Waals surface area contributed by atoms with Gasteiger partial charge in [-0.1, -0.05) is 26.7 Å². The molecule has 3 aromatic rings. The highest BCUT2D eigenvalue weighted by Gasteiger charge is 2.25. The molecule has 3 heterocycles. The lowest BCUT2D eigenvalue weighted by atomic mass is 10.0. The van der Waals surface area contributed by atoms with Gasteiger partial charge in [0.15, 0.2) is 0 Å². The van der Waals surface area contributed by atoms with Crippen LogP contribution in [0.25, 0.3) is 20.8 Å². The molecule has 8 heteroatoms. The van der Waals surface area contributed by atoms with E-state index in [1.807, 2.05) is 11.8 Å². The first-order valence-electron chi connectivity index (χ1n) is 12.0. The fourth-order valence-corrected chi connectivity index (χ4v) is 8.20. The standard InChI is InChI=1S/C25H32N4OS3/c1-15(2)27-12-10-22(30)29-25-23(18-9-11-26-14-21(18)33-25)24-28-19-13-17(7-8-20(19)32-24)31-16-5-3-4-6-16/h7-8,13,15-16,26-27H,3-6,9-12,14H2,1-2H3,(H,29,30). The Hall–Kier alpha value is -1.45. The maximum absolute atomic E-state index is 12.7. The Morgan fingerprint density at radius 2 is 2.12 bits per heavy atom. The third-order valence-electron chi connectivity index (χ3n) is 6.26. The minimum Gasteiger partial charge on any atom is -0.317 e. The van der Waals surface area contributed by atoms with E-state index >= 15 is 0 Å². The quantitative estimate of drug-likeness (QED) is 0.352. The Morgan fingerprint density at radius 1 is 1.27 bits per heavy atom. The van der Waals surface area contributed by atoms with Gasteiger partial charge in [0.25, 0.3) is 0 Å². The van der Waals surface area contributed by atoms with Crippen LogP contribution in [-0.4, -0.2) is 35.3 Å². The first-order valence-corrected chi connectivity index (χ1v) is 14.5. The van der Waals surface area contributed by atoms with Crippen LogP contribution in [0.1, 0.15) is 56.4 Å². The molecule has 0 spiro atoms. The summed E-state index contributed by atoms with van der Waals surface area (Å²) in [5.74, 6) is 0.0623. The van der Waals surface area contributed by atoms with Gasteiger partial charge in [-0.3, -0.25) is 4.79 Å². The van der Waals surface area contributed by atoms with Crippen molar-refractivity contribution in [3.05, 3.63) is 28.6 Å². The lowest BCUT2D eigenvalue weighted by Gasteiger charge is -2.13. The number of rotatable bonds is 8. The van der Waals surface area contributed by atoms with E-state index in [1.54, 1.807) is 22.7 Å². The van der Waals surface area contributed by atoms with Crippen LogP contribution in [0, 0.1) is 0 Å². The molecule has 5 rings (SSSR count). The number of anilines is 1. The summed E-state index contributed by atoms with van der Waals surface area (Å²) in [7, 11) is 0. The molecule has 3 N–H and O–H groups in total. The van der Waals surface area contributed by atoms with Gasteiger partial charge >= 0.3 is 0 Å². The van der Waals surface area contributed by atoms with Gasteiger partial charge < -0.3 is 16.0 Å². The summed E-state index contributed by atoms with van der Waals surface area (Å²) < 4.78 is 1.22. The van der Waals surface area contributed by atoms with E-state index in [9.17, 15) is 4.79 Å². The molecule has 5 nitrogen and oxygen atoms in total. The highest BCUT2D eigenvalue weighted by molar-refractivity contribution is 8.00. The average Bonchev–Trinajstić information content (AvgIpc) is 3.51. The maximum atomic E-state index is 12.7. The molecule has 0 unspecified atom stereocenters. The van der Waals surface area contributed by atoms with Gasteiger partial charge in [0.2, 0.25) is 5.91 Å². The van der Waals surface area contributed by atoms with Crippen molar-refractivity contribution in [2.75, 3.05) is 18.4 Å². The number of aromatic nitrogens is 1. The van der Waals surface area contributed by atoms with Crippen molar-refractivity contribution in [1.29, 1.82) is 0 Å². The minimum atomic E-state index is 0.0623. The average molecular weight is 501 g/mol. The molecule has 1 fully saturated rings. The highest BCUT2D eigenvalue weighted by Crippen LogP contribution is 2.45. The normalized spacial score (nSPS) is 16.6. The number of amides is 1. The number of fused-ring (bicyclic) bond motifs is 2. The molecule has 1 aliphatic carbocycles. The van der Waals surface area contributed by atoms with Crippen LogP contribution < -0.4 is 16.0 Å². The number of hydrogen-bond acceptors (Lipinski definition) is 7. The second-order valence-electron chi connectivity index (χ2n) is 9.21. The summed E-state index contributed by atoms with van der Waals surface area (Å²) in [6.07, 6.45) is 6.83. The third-order valence-corrected chi connectivity index (χ3v) is 9.80. The Labute approximate surface area is 208 Å². The summed E-state index contributed by atoms with van der Waals surface area (Å²) in [5, 5.41) is 12.8. The predicted molar refractivity (Wildman–Crippen MR) is 143 cm³/mol. The molecule has 1 aliphatic heterocycles. The first kappa shape index (κ1) is 23.3. The molecule has 2 aromatic heterocycles. The summed E-state index contributed by atoms with van der Waals surface area (Å²) in [4.78, 5) is 20.4. The summed E-state index contributed by atoms with van der Waals surface area (Å²) >= 11 is 5.46. The molecule has 33 heavy (non-hydrogen) atoms. The van der Waals surface area contributed by atoms with Crippen molar-refractivity contribution >= 4 is 55.6 Å². The van der Waals surface area contributed by atoms with Crippen molar-refractivity contribution in [2.24, 2.45) is 0 Å². The number of carbonyl (C=O) groups excluding carboxylic acids is 1. The number of thiazole rings is 1. The van der Waals surface area contributed by atoms with E-state index in [2.05, 4.69) is 48.0 Å². The van der Waals surface area contributed by atoms with E-state index in [0.717, 1.165) is 45.8 Å². The van der Waals surface area contributed by atoms with Crippen LogP contribution in [0.2, 0.25) is 0 Å². The number of benzene rings is 1. The zero-order chi connectivity index (χ0) is 22.8. The van der Waals surface area contributed by atoms with Crippen LogP contribution in [0.5, 0.6) is 0 Å². The number of thiophene rings is 1. The highest BCUT2D eigenvalue weighted by atomic mass is 32.2. The molecule has 0 radical (unpaired) electrons. The van der Waals surface area contributed by atoms with E-state index in [4.69, 9.17) is 4.98 Å². The molecule has 1 amide bonds. The van der Waals surface area contributed by atoms with Gasteiger partial charge in [0, 0.05) is 46.1 Å². The van der Waals surface area contributed by atoms with Crippen LogP contribution in [0.3, 0.4) is 0 Å². The Balaban J connectivity index is 1.42. The van der Waals surface area contributed by atoms with Gasteiger partial charge in [0.05, 0.1) is 10.2 Å². The molecular weight excluding hydrogens is 469 g/mol. The van der Waals surface area contributed by atoms with Crippen molar-refractivity contribution in [3.63, 3.8) is 0 Å². The van der Waals surface area contributed by atoms with Crippen LogP contribution in [0.4, 0.5) is 5.00 Å². The van der Waals surface area contributed by atoms with E-state index in [0.29, 0.717) is 19.0 Å². The molecule has 1 saturated carbocycles. The Morgan fingerprint density at radius 3 is 2.94 bits per heavy atom. The maximum Gasteiger partial charge on any atom is 0.226 e. The first-order chi connectivity index (χ1) is 16.1. The lowest BCUT2D eigenvalue weighted by molar-refractivity contribution is -0.116. The molecule has 0 atom stereocenters. The van der Waals surface area contributed by atoms with Crippen LogP contribution in [-0.2, 0) is 17.8 Å². The number of thioether (sulfide) groups is 1. The molecule has 0 saturated heterocycles. The topological polar surface area (TPSA) is 66.0 Å². The fraction of sp³-hybridized carbons (Fsp3) is 0.520. The van der Waals surface area contributed by atoms with Gasteiger partial charge in [-0.25, -0.2) is 4.98 Å². The molecule has 0 bridgehead atoms. The predicted octanol–water partition coefficient (Wildman–Crippen LogP) is 6.03. The largest absolute Gasteiger partial charge is 0.317 e. The number of hydrogen-bond donors (Lipinski definition) is 3. The number of carbonyl (C=O) groups is 1. The Bertz CT molecular complexity index is 1130. The third kappa shape index (κ3) is 5.46. The van der Waals surface area contributed by atoms with Crippen molar-refractivity contribution in [1.82, 2.24) is 15.6 Å². The van der Waals surface area contributed by atoms with Gasteiger partial charge in [-0.2, -0.15) is 0 Å². The van der Waals surface area contributed by atoms with Gasteiger partial charge in [0.1, 0.15) is 10.0 Å². The van der Waals surface area contributed by atoms with Crippen LogP contribution in [0.15, 0.2) is 23.1 Å². The zero-order valence-corrected chi connectivity index (χ0v) is 21.8. The zero-order valence-electron chi connectivity index (χ0n) is 19.3. The lowest BCUT2D eigenvalue weighted by Crippen LogP contribution is -2.27. The second-order valence-corrected chi connectivity index (χ2v) is 12.7. The second kappa shape index (κ2) is 10.4. The fourth-order valence-electron chi connectivity index (χ4n) is 4.60. The van der Waals surface area contributed by atoms with Gasteiger partial charge in [-0.15, -0.1) is 34.4 Å². The molecule has 176 valence electrons. The van der Waals surface area contributed by atoms with Crippen molar-refractivity contribution in [3.8, 4) is 10.6 Å². The summed E-state index contributed by atoms with van der Waals surface area (Å²) in [6.45, 7) is 6.72. The monoisotopic (exact) mass is 500 g/mol. The van der Waals surface area contributed by atoms with E-state index in [1.165, 1.54) is 45.7 Å². The smallest absolute Gasteiger partial charge is 0.226 e. The summed E-state index contributed by atoms with van der Waals surface area (Å²) in [6, 6.07) is 7.12. The van der Waals surface area contributed by atoms with Crippen LogP contribution >= 0.6 is 34.4 Å². The van der Waals surface area contributed by atoms with Crippen molar-refractivity contribution < 1.29 is 4.79 Å². The van der Waals surface area contributed by atoms with Crippen molar-refractivity contribution in [2.45, 2.75) is 75.1 Å². The molecular formula is C25H32N4OS3. The van der Waals surface area contributed by atoms with Gasteiger partial charge in [-0.05, 0) is 49.6 Å².